The van der Waals surface area contributed by atoms with E-state index in [1.165, 1.54) is 12.8 Å². The Morgan fingerprint density at radius 1 is 1.19 bits per heavy atom. The summed E-state index contributed by atoms with van der Waals surface area (Å²) in [7, 11) is 0. The van der Waals surface area contributed by atoms with E-state index in [1.54, 1.807) is 0 Å². The highest BCUT2D eigenvalue weighted by Crippen LogP contribution is 2.55. The normalized spacial score (nSPS) is 31.5. The van der Waals surface area contributed by atoms with Crippen molar-refractivity contribution in [3.05, 3.63) is 36.1 Å². The zero-order chi connectivity index (χ0) is 25.6. The number of likely N-dealkylation sites (tertiary alicyclic amines) is 1. The van der Waals surface area contributed by atoms with Crippen LogP contribution in [0.4, 0.5) is 4.79 Å². The highest BCUT2D eigenvalue weighted by Gasteiger charge is 2.60. The SMILES string of the molecule is CC(C)(C)OC(=O)N1CC[C@H]2C=C(CCC/C=C\CCCCO)O[C@@H]3N4CCCC/C=C\[C@H]4C[C@]23C1. The molecule has 1 N–H and O–H groups in total. The summed E-state index contributed by atoms with van der Waals surface area (Å²) >= 11 is 0. The third-order valence-electron chi connectivity index (χ3n) is 8.18. The van der Waals surface area contributed by atoms with Crippen LogP contribution < -0.4 is 0 Å². The van der Waals surface area contributed by atoms with Crippen LogP contribution in [-0.4, -0.2) is 65.1 Å². The predicted molar refractivity (Wildman–Crippen MR) is 143 cm³/mol. The van der Waals surface area contributed by atoms with Crippen molar-refractivity contribution in [3.8, 4) is 0 Å². The average Bonchev–Trinajstić information content (AvgIpc) is 3.09. The third kappa shape index (κ3) is 6.55. The maximum atomic E-state index is 13.0. The smallest absolute Gasteiger partial charge is 0.410 e. The Hall–Kier alpha value is -1.79. The summed E-state index contributed by atoms with van der Waals surface area (Å²) in [6.45, 7) is 8.62. The van der Waals surface area contributed by atoms with Crippen LogP contribution in [0.25, 0.3) is 0 Å². The standard InChI is InChI=1S/C30H48N2O4/c1-29(2,3)36-28(34)31-19-17-24-21-26(16-12-7-5-4-6-10-14-20-33)35-27-30(24,23-31)22-25-15-11-8-9-13-18-32(25)27/h4-5,11,15,21,24-25,27,33H,6-10,12-14,16-20,22-23H2,1-3H3/b5-4-,15-11-/t24-,25-,27-,30-/m0/s1. The van der Waals surface area contributed by atoms with Crippen LogP contribution in [-0.2, 0) is 9.47 Å². The molecule has 4 rings (SSSR count). The van der Waals surface area contributed by atoms with Gasteiger partial charge in [0.25, 0.3) is 0 Å². The molecule has 4 aliphatic heterocycles. The van der Waals surface area contributed by atoms with Crippen molar-refractivity contribution >= 4 is 6.09 Å². The molecule has 6 nitrogen and oxygen atoms in total. The number of ether oxygens (including phenoxy) is 2. The Morgan fingerprint density at radius 3 is 2.78 bits per heavy atom. The average molecular weight is 501 g/mol. The van der Waals surface area contributed by atoms with E-state index in [1.807, 2.05) is 25.7 Å². The molecule has 1 spiro atoms. The zero-order valence-electron chi connectivity index (χ0n) is 22.8. The number of carbonyl (C=O) groups excluding carboxylic acids is 1. The van der Waals surface area contributed by atoms with E-state index >= 15 is 0 Å². The first kappa shape index (κ1) is 27.3. The first-order valence-electron chi connectivity index (χ1n) is 14.4. The summed E-state index contributed by atoms with van der Waals surface area (Å²) in [4.78, 5) is 17.6. The number of hydrogen-bond donors (Lipinski definition) is 1. The number of fused-ring (bicyclic) bond motifs is 2. The third-order valence-corrected chi connectivity index (χ3v) is 8.18. The lowest BCUT2D eigenvalue weighted by molar-refractivity contribution is -0.125. The van der Waals surface area contributed by atoms with Gasteiger partial charge < -0.3 is 19.5 Å². The van der Waals surface area contributed by atoms with E-state index in [0.717, 1.165) is 76.6 Å². The highest BCUT2D eigenvalue weighted by molar-refractivity contribution is 5.68. The fourth-order valence-corrected chi connectivity index (χ4v) is 6.46. The largest absolute Gasteiger partial charge is 0.479 e. The van der Waals surface area contributed by atoms with Crippen LogP contribution in [0.1, 0.15) is 91.4 Å². The van der Waals surface area contributed by atoms with Crippen LogP contribution in [0.5, 0.6) is 0 Å². The molecule has 1 amide bonds. The van der Waals surface area contributed by atoms with Gasteiger partial charge in [0.05, 0.1) is 5.76 Å². The Balaban J connectivity index is 1.47. The van der Waals surface area contributed by atoms with Gasteiger partial charge in [0.1, 0.15) is 5.60 Å². The monoisotopic (exact) mass is 500 g/mol. The molecule has 4 aliphatic rings. The number of allylic oxidation sites excluding steroid dienone is 5. The van der Waals surface area contributed by atoms with Gasteiger partial charge in [-0.05, 0) is 97.0 Å². The molecule has 4 heterocycles. The minimum atomic E-state index is -0.486. The zero-order valence-corrected chi connectivity index (χ0v) is 22.8. The topological polar surface area (TPSA) is 62.2 Å². The van der Waals surface area contributed by atoms with Gasteiger partial charge in [0.2, 0.25) is 0 Å². The number of carbonyl (C=O) groups is 1. The van der Waals surface area contributed by atoms with Crippen molar-refractivity contribution in [2.24, 2.45) is 11.3 Å². The van der Waals surface area contributed by atoms with Gasteiger partial charge in [-0.25, -0.2) is 4.79 Å². The molecule has 0 unspecified atom stereocenters. The van der Waals surface area contributed by atoms with E-state index in [4.69, 9.17) is 14.6 Å². The molecule has 202 valence electrons. The van der Waals surface area contributed by atoms with E-state index in [9.17, 15) is 4.79 Å². The minimum Gasteiger partial charge on any atom is -0.479 e. The molecular formula is C30H48N2O4. The van der Waals surface area contributed by atoms with Gasteiger partial charge in [-0.1, -0.05) is 24.3 Å². The molecule has 6 heteroatoms. The van der Waals surface area contributed by atoms with Crippen molar-refractivity contribution in [2.45, 2.75) is 109 Å². The molecule has 36 heavy (non-hydrogen) atoms. The van der Waals surface area contributed by atoms with Crippen LogP contribution in [0.15, 0.2) is 36.1 Å². The van der Waals surface area contributed by atoms with Crippen LogP contribution in [0.3, 0.4) is 0 Å². The molecule has 0 bridgehead atoms. The van der Waals surface area contributed by atoms with E-state index in [-0.39, 0.29) is 24.3 Å². The number of hydrogen-bond acceptors (Lipinski definition) is 5. The molecule has 0 radical (unpaired) electrons. The lowest BCUT2D eigenvalue weighted by Crippen LogP contribution is -2.58. The number of aliphatic hydroxyl groups excluding tert-OH is 1. The molecule has 2 saturated heterocycles. The second kappa shape index (κ2) is 12.2. The lowest BCUT2D eigenvalue weighted by Gasteiger charge is -2.51. The Labute approximate surface area is 218 Å². The first-order valence-corrected chi connectivity index (χ1v) is 14.4. The molecule has 2 fully saturated rings. The van der Waals surface area contributed by atoms with E-state index in [2.05, 4.69) is 35.3 Å². The quantitative estimate of drug-likeness (QED) is 0.319. The molecule has 0 aliphatic carbocycles. The van der Waals surface area contributed by atoms with Gasteiger partial charge in [0, 0.05) is 44.1 Å². The molecule has 0 aromatic carbocycles. The second-order valence-electron chi connectivity index (χ2n) is 12.1. The van der Waals surface area contributed by atoms with Gasteiger partial charge in [-0.15, -0.1) is 0 Å². The van der Waals surface area contributed by atoms with Crippen LogP contribution in [0.2, 0.25) is 0 Å². The van der Waals surface area contributed by atoms with Crippen molar-refractivity contribution in [3.63, 3.8) is 0 Å². The Bertz CT molecular complexity index is 829. The Kier molecular flexibility index (Phi) is 9.21. The van der Waals surface area contributed by atoms with E-state index < -0.39 is 5.60 Å². The number of amides is 1. The van der Waals surface area contributed by atoms with Crippen molar-refractivity contribution in [1.29, 1.82) is 0 Å². The van der Waals surface area contributed by atoms with Gasteiger partial charge in [-0.2, -0.15) is 0 Å². The first-order chi connectivity index (χ1) is 17.3. The maximum absolute atomic E-state index is 13.0. The molecule has 4 atom stereocenters. The lowest BCUT2D eigenvalue weighted by atomic mass is 9.67. The van der Waals surface area contributed by atoms with Crippen LogP contribution in [0, 0.1) is 11.3 Å². The summed E-state index contributed by atoms with van der Waals surface area (Å²) in [6, 6.07) is 0.381. The fraction of sp³-hybridized carbons (Fsp3) is 0.767. The second-order valence-corrected chi connectivity index (χ2v) is 12.1. The maximum Gasteiger partial charge on any atom is 0.410 e. The van der Waals surface area contributed by atoms with Crippen molar-refractivity contribution < 1.29 is 19.4 Å². The summed E-state index contributed by atoms with van der Waals surface area (Å²) in [6.07, 6.45) is 23.2. The number of aliphatic hydroxyl groups is 1. The van der Waals surface area contributed by atoms with Gasteiger partial charge in [-0.3, -0.25) is 4.90 Å². The van der Waals surface area contributed by atoms with Crippen molar-refractivity contribution in [1.82, 2.24) is 9.80 Å². The number of nitrogens with zero attached hydrogens (tertiary/aromatic N) is 2. The van der Waals surface area contributed by atoms with E-state index in [0.29, 0.717) is 18.5 Å². The molecular weight excluding hydrogens is 452 g/mol. The fourth-order valence-electron chi connectivity index (χ4n) is 6.46. The summed E-state index contributed by atoms with van der Waals surface area (Å²) in [5, 5.41) is 8.91. The van der Waals surface area contributed by atoms with Crippen LogP contribution >= 0.6 is 0 Å². The minimum absolute atomic E-state index is 0.0227. The van der Waals surface area contributed by atoms with Gasteiger partial charge >= 0.3 is 6.09 Å². The van der Waals surface area contributed by atoms with Crippen molar-refractivity contribution in [2.75, 3.05) is 26.2 Å². The molecule has 0 aromatic heterocycles. The summed E-state index contributed by atoms with van der Waals surface area (Å²) in [5.74, 6) is 1.58. The Morgan fingerprint density at radius 2 is 2.00 bits per heavy atom. The molecule has 0 saturated carbocycles. The predicted octanol–water partition coefficient (Wildman–Crippen LogP) is 6.17. The number of rotatable bonds is 8. The highest BCUT2D eigenvalue weighted by atomic mass is 16.6. The summed E-state index contributed by atoms with van der Waals surface area (Å²) in [5.41, 5.74) is -0.565. The molecule has 0 aromatic rings. The number of piperidine rings is 1. The summed E-state index contributed by atoms with van der Waals surface area (Å²) < 4.78 is 12.6. The van der Waals surface area contributed by atoms with Gasteiger partial charge in [0.15, 0.2) is 6.23 Å². The number of unbranched alkanes of at least 4 members (excludes halogenated alkanes) is 3.